The molecule has 2 aliphatic rings. The van der Waals surface area contributed by atoms with Crippen LogP contribution in [-0.2, 0) is 19.3 Å². The molecule has 0 radical (unpaired) electrons. The van der Waals surface area contributed by atoms with Crippen LogP contribution in [0.3, 0.4) is 0 Å². The van der Waals surface area contributed by atoms with Gasteiger partial charge in [0, 0.05) is 0 Å². The molecule has 17 heavy (non-hydrogen) atoms. The summed E-state index contributed by atoms with van der Waals surface area (Å²) in [4.78, 5) is 0. The fourth-order valence-corrected chi connectivity index (χ4v) is 3.12. The fraction of sp³-hybridized carbons (Fsp3) is 0.625. The van der Waals surface area contributed by atoms with Gasteiger partial charge in [-0.1, -0.05) is 25.1 Å². The number of hydrogen-bond acceptors (Lipinski definition) is 1. The number of aliphatic hydroxyl groups excluding tert-OH is 1. The van der Waals surface area contributed by atoms with Crippen molar-refractivity contribution in [3.63, 3.8) is 0 Å². The Bertz CT molecular complexity index is 406. The van der Waals surface area contributed by atoms with Crippen LogP contribution >= 0.6 is 0 Å². The van der Waals surface area contributed by atoms with Crippen LogP contribution in [0, 0.1) is 11.8 Å². The number of hydrogen-bond donors (Lipinski definition) is 1. The first-order valence-electron chi connectivity index (χ1n) is 7.03. The lowest BCUT2D eigenvalue weighted by atomic mass is 9.93. The average Bonchev–Trinajstić information content (AvgIpc) is 3.07. The van der Waals surface area contributed by atoms with Crippen LogP contribution in [0.5, 0.6) is 0 Å². The molecule has 0 aliphatic heterocycles. The molecule has 1 heteroatoms. The molecule has 1 aromatic carbocycles. The van der Waals surface area contributed by atoms with Crippen LogP contribution in [0.1, 0.15) is 42.9 Å². The first-order chi connectivity index (χ1) is 8.24. The van der Waals surface area contributed by atoms with E-state index >= 15 is 0 Å². The lowest BCUT2D eigenvalue weighted by molar-refractivity contribution is 0.105. The van der Waals surface area contributed by atoms with Crippen LogP contribution < -0.4 is 0 Å². The van der Waals surface area contributed by atoms with E-state index in [1.807, 2.05) is 0 Å². The van der Waals surface area contributed by atoms with Gasteiger partial charge in [-0.15, -0.1) is 0 Å². The van der Waals surface area contributed by atoms with Crippen molar-refractivity contribution in [2.45, 2.75) is 51.6 Å². The molecule has 1 N–H and O–H groups in total. The number of benzene rings is 1. The largest absolute Gasteiger partial charge is 0.392 e. The highest BCUT2D eigenvalue weighted by Crippen LogP contribution is 2.38. The van der Waals surface area contributed by atoms with Gasteiger partial charge < -0.3 is 5.11 Å². The number of rotatable bonds is 4. The summed E-state index contributed by atoms with van der Waals surface area (Å²) in [6.07, 6.45) is 7.12. The number of aliphatic hydroxyl groups is 1. The van der Waals surface area contributed by atoms with E-state index in [1.165, 1.54) is 48.8 Å². The van der Waals surface area contributed by atoms with E-state index in [9.17, 15) is 5.11 Å². The third kappa shape index (κ3) is 2.40. The van der Waals surface area contributed by atoms with Gasteiger partial charge in [-0.05, 0) is 67.1 Å². The zero-order valence-electron chi connectivity index (χ0n) is 10.7. The minimum atomic E-state index is -0.151. The molecule has 1 fully saturated rings. The molecule has 0 amide bonds. The molecule has 92 valence electrons. The minimum absolute atomic E-state index is 0.151. The van der Waals surface area contributed by atoms with Crippen molar-refractivity contribution in [3.05, 3.63) is 34.9 Å². The Kier molecular flexibility index (Phi) is 2.96. The summed E-state index contributed by atoms with van der Waals surface area (Å²) in [7, 11) is 0. The molecule has 0 bridgehead atoms. The maximum Gasteiger partial charge on any atom is 0.0608 e. The van der Waals surface area contributed by atoms with E-state index in [2.05, 4.69) is 25.1 Å². The van der Waals surface area contributed by atoms with Crippen molar-refractivity contribution in [2.75, 3.05) is 0 Å². The van der Waals surface area contributed by atoms with Gasteiger partial charge in [0.1, 0.15) is 0 Å². The van der Waals surface area contributed by atoms with Crippen molar-refractivity contribution < 1.29 is 5.11 Å². The Morgan fingerprint density at radius 3 is 2.76 bits per heavy atom. The zero-order valence-corrected chi connectivity index (χ0v) is 10.7. The van der Waals surface area contributed by atoms with Crippen LogP contribution in [0.25, 0.3) is 0 Å². The minimum Gasteiger partial charge on any atom is -0.392 e. The summed E-state index contributed by atoms with van der Waals surface area (Å²) in [6.45, 7) is 2.20. The summed E-state index contributed by atoms with van der Waals surface area (Å²) in [5.74, 6) is 1.27. The van der Waals surface area contributed by atoms with Gasteiger partial charge in [0.2, 0.25) is 0 Å². The first kappa shape index (κ1) is 11.3. The summed E-state index contributed by atoms with van der Waals surface area (Å²) in [5.41, 5.74) is 4.37. The number of aryl methyl sites for hydroxylation is 2. The number of fused-ring (bicyclic) bond motifs is 1. The normalized spacial score (nSPS) is 22.2. The van der Waals surface area contributed by atoms with E-state index < -0.39 is 0 Å². The molecule has 0 saturated heterocycles. The maximum absolute atomic E-state index is 10.2. The first-order valence-corrected chi connectivity index (χ1v) is 7.03. The van der Waals surface area contributed by atoms with Gasteiger partial charge in [0.25, 0.3) is 0 Å². The van der Waals surface area contributed by atoms with Crippen molar-refractivity contribution in [1.82, 2.24) is 0 Å². The van der Waals surface area contributed by atoms with Crippen molar-refractivity contribution in [1.29, 1.82) is 0 Å². The molecule has 3 rings (SSSR count). The highest BCUT2D eigenvalue weighted by atomic mass is 16.3. The van der Waals surface area contributed by atoms with Crippen LogP contribution in [0.4, 0.5) is 0 Å². The molecule has 0 heterocycles. The molecule has 2 atom stereocenters. The SMILES string of the molecule is CC(C(O)Cc1ccc2c(c1)CCC2)C1CC1. The van der Waals surface area contributed by atoms with Gasteiger partial charge in [-0.2, -0.15) is 0 Å². The Morgan fingerprint density at radius 2 is 2.00 bits per heavy atom. The van der Waals surface area contributed by atoms with Crippen molar-refractivity contribution in [2.24, 2.45) is 11.8 Å². The van der Waals surface area contributed by atoms with Gasteiger partial charge in [0.05, 0.1) is 6.10 Å². The Hall–Kier alpha value is -0.820. The van der Waals surface area contributed by atoms with E-state index in [0.29, 0.717) is 5.92 Å². The summed E-state index contributed by atoms with van der Waals surface area (Å²) in [6, 6.07) is 6.81. The second kappa shape index (κ2) is 4.45. The third-order valence-corrected chi connectivity index (χ3v) is 4.58. The standard InChI is InChI=1S/C16H22O/c1-11(13-7-8-13)16(17)10-12-5-6-14-3-2-4-15(14)9-12/h5-6,9,11,13,16-17H,2-4,7-8,10H2,1H3. The molecule has 1 nitrogen and oxygen atoms in total. The van der Waals surface area contributed by atoms with Crippen molar-refractivity contribution in [3.8, 4) is 0 Å². The third-order valence-electron chi connectivity index (χ3n) is 4.58. The Morgan fingerprint density at radius 1 is 1.24 bits per heavy atom. The molecular weight excluding hydrogens is 208 g/mol. The second-order valence-electron chi connectivity index (χ2n) is 5.92. The van der Waals surface area contributed by atoms with Crippen LogP contribution in [0.2, 0.25) is 0 Å². The molecule has 1 aromatic rings. The van der Waals surface area contributed by atoms with E-state index in [1.54, 1.807) is 0 Å². The summed E-state index contributed by atoms with van der Waals surface area (Å²) >= 11 is 0. The zero-order chi connectivity index (χ0) is 11.8. The highest BCUT2D eigenvalue weighted by Gasteiger charge is 2.32. The summed E-state index contributed by atoms with van der Waals surface area (Å²) < 4.78 is 0. The smallest absolute Gasteiger partial charge is 0.0608 e. The summed E-state index contributed by atoms with van der Waals surface area (Å²) in [5, 5.41) is 10.2. The van der Waals surface area contributed by atoms with Gasteiger partial charge >= 0.3 is 0 Å². The fourth-order valence-electron chi connectivity index (χ4n) is 3.12. The predicted octanol–water partition coefficient (Wildman–Crippen LogP) is 3.12. The maximum atomic E-state index is 10.2. The van der Waals surface area contributed by atoms with E-state index in [-0.39, 0.29) is 6.10 Å². The van der Waals surface area contributed by atoms with Crippen LogP contribution in [0.15, 0.2) is 18.2 Å². The lowest BCUT2D eigenvalue weighted by Crippen LogP contribution is -2.22. The molecule has 0 spiro atoms. The van der Waals surface area contributed by atoms with Gasteiger partial charge in [-0.3, -0.25) is 0 Å². The average molecular weight is 230 g/mol. The van der Waals surface area contributed by atoms with Crippen molar-refractivity contribution >= 4 is 0 Å². The van der Waals surface area contributed by atoms with E-state index in [0.717, 1.165) is 12.3 Å². The lowest BCUT2D eigenvalue weighted by Gasteiger charge is -2.18. The Balaban J connectivity index is 1.68. The van der Waals surface area contributed by atoms with E-state index in [4.69, 9.17) is 0 Å². The molecule has 0 aromatic heterocycles. The highest BCUT2D eigenvalue weighted by molar-refractivity contribution is 5.35. The monoisotopic (exact) mass is 230 g/mol. The predicted molar refractivity (Wildman–Crippen MR) is 70.1 cm³/mol. The quantitative estimate of drug-likeness (QED) is 0.842. The molecular formula is C16H22O. The van der Waals surface area contributed by atoms with Crippen LogP contribution in [-0.4, -0.2) is 11.2 Å². The molecule has 2 aliphatic carbocycles. The molecule has 2 unspecified atom stereocenters. The second-order valence-corrected chi connectivity index (χ2v) is 5.92. The topological polar surface area (TPSA) is 20.2 Å². The van der Waals surface area contributed by atoms with Gasteiger partial charge in [0.15, 0.2) is 0 Å². The Labute approximate surface area is 104 Å². The molecule has 1 saturated carbocycles. The van der Waals surface area contributed by atoms with Gasteiger partial charge in [-0.25, -0.2) is 0 Å².